The number of benzene rings is 2. The Balaban J connectivity index is 1.84. The van der Waals surface area contributed by atoms with E-state index in [1.54, 1.807) is 18.2 Å². The predicted molar refractivity (Wildman–Crippen MR) is 108 cm³/mol. The maximum atomic E-state index is 10.6. The Labute approximate surface area is 177 Å². The van der Waals surface area contributed by atoms with Crippen molar-refractivity contribution >= 4 is 15.9 Å². The number of aliphatic hydroxyl groups excluding tert-OH is 4. The molecule has 0 aromatic heterocycles. The molecule has 4 N–H and O–H groups in total. The van der Waals surface area contributed by atoms with Gasteiger partial charge in [0.15, 0.2) is 0 Å². The minimum absolute atomic E-state index is 0.286. The van der Waals surface area contributed by atoms with Crippen molar-refractivity contribution in [2.45, 2.75) is 43.4 Å². The first kappa shape index (κ1) is 22.3. The second-order valence-electron chi connectivity index (χ2n) is 6.92. The van der Waals surface area contributed by atoms with E-state index in [1.165, 1.54) is 7.11 Å². The Morgan fingerprint density at radius 3 is 2.41 bits per heavy atom. The molecule has 3 rings (SSSR count). The van der Waals surface area contributed by atoms with Gasteiger partial charge in [0, 0.05) is 17.1 Å². The van der Waals surface area contributed by atoms with Crippen LogP contribution in [-0.2, 0) is 33.2 Å². The minimum atomic E-state index is -1.75. The average Bonchev–Trinajstić information content (AvgIpc) is 2.75. The molecule has 0 spiro atoms. The quantitative estimate of drug-likeness (QED) is 0.486. The number of rotatable bonds is 7. The zero-order valence-electron chi connectivity index (χ0n) is 15.9. The van der Waals surface area contributed by atoms with Gasteiger partial charge in [-0.2, -0.15) is 0 Å². The summed E-state index contributed by atoms with van der Waals surface area (Å²) in [5.41, 5.74) is 2.26. The topological polar surface area (TPSA) is 109 Å². The summed E-state index contributed by atoms with van der Waals surface area (Å²) in [5, 5.41) is 40.4. The number of hydrogen-bond donors (Lipinski definition) is 4. The molecule has 1 saturated heterocycles. The molecular formula is C21H25BrO7. The maximum absolute atomic E-state index is 10.6. The normalized spacial score (nSPS) is 29.7. The fourth-order valence-electron chi connectivity index (χ4n) is 3.42. The van der Waals surface area contributed by atoms with E-state index in [-0.39, 0.29) is 6.61 Å². The molecule has 0 saturated carbocycles. The summed E-state index contributed by atoms with van der Waals surface area (Å²) < 4.78 is 17.8. The van der Waals surface area contributed by atoms with Crippen LogP contribution in [0.3, 0.4) is 0 Å². The Bertz CT molecular complexity index is 801. The molecule has 1 aliphatic heterocycles. The van der Waals surface area contributed by atoms with Gasteiger partial charge in [-0.25, -0.2) is 0 Å². The van der Waals surface area contributed by atoms with E-state index < -0.39 is 36.8 Å². The summed E-state index contributed by atoms with van der Waals surface area (Å²) in [6.07, 6.45) is -5.68. The van der Waals surface area contributed by atoms with Crippen LogP contribution < -0.4 is 0 Å². The summed E-state index contributed by atoms with van der Waals surface area (Å²) in [5.74, 6) is -1.75. The first-order valence-corrected chi connectivity index (χ1v) is 10.0. The average molecular weight is 469 g/mol. The highest BCUT2D eigenvalue weighted by atomic mass is 79.9. The molecule has 1 heterocycles. The van der Waals surface area contributed by atoms with Gasteiger partial charge in [0.25, 0.3) is 0 Å². The third-order valence-corrected chi connectivity index (χ3v) is 5.84. The predicted octanol–water partition coefficient (Wildman–Crippen LogP) is 1.44. The molecule has 7 nitrogen and oxygen atoms in total. The van der Waals surface area contributed by atoms with Crippen LogP contribution in [0.15, 0.2) is 53.0 Å². The molecule has 2 aromatic rings. The number of methoxy groups -OCH3 is 1. The van der Waals surface area contributed by atoms with E-state index in [2.05, 4.69) is 15.9 Å². The van der Waals surface area contributed by atoms with Crippen LogP contribution >= 0.6 is 15.9 Å². The molecule has 0 amide bonds. The minimum Gasteiger partial charge on any atom is -0.394 e. The first-order chi connectivity index (χ1) is 13.9. The highest BCUT2D eigenvalue weighted by Gasteiger charge is 2.55. The lowest BCUT2D eigenvalue weighted by Gasteiger charge is -2.47. The molecule has 29 heavy (non-hydrogen) atoms. The number of aliphatic hydroxyl groups is 4. The third-order valence-electron chi connectivity index (χ3n) is 5.07. The van der Waals surface area contributed by atoms with Gasteiger partial charge in [0.05, 0.1) is 19.8 Å². The van der Waals surface area contributed by atoms with Gasteiger partial charge in [0.1, 0.15) is 24.4 Å². The van der Waals surface area contributed by atoms with E-state index in [1.807, 2.05) is 30.3 Å². The van der Waals surface area contributed by atoms with Gasteiger partial charge in [0.2, 0.25) is 5.79 Å². The van der Waals surface area contributed by atoms with Gasteiger partial charge in [-0.15, -0.1) is 0 Å². The lowest BCUT2D eigenvalue weighted by molar-refractivity contribution is -0.366. The zero-order chi connectivity index (χ0) is 21.0. The van der Waals surface area contributed by atoms with Crippen molar-refractivity contribution in [3.05, 3.63) is 69.7 Å². The van der Waals surface area contributed by atoms with Crippen molar-refractivity contribution in [3.63, 3.8) is 0 Å². The number of hydrogen-bond acceptors (Lipinski definition) is 7. The molecule has 0 bridgehead atoms. The van der Waals surface area contributed by atoms with E-state index in [9.17, 15) is 20.4 Å². The monoisotopic (exact) mass is 468 g/mol. The highest BCUT2D eigenvalue weighted by molar-refractivity contribution is 9.10. The largest absolute Gasteiger partial charge is 0.394 e. The summed E-state index contributed by atoms with van der Waals surface area (Å²) in [7, 11) is 1.33. The lowest BCUT2D eigenvalue weighted by atomic mass is 9.87. The first-order valence-electron chi connectivity index (χ1n) is 9.21. The second-order valence-corrected chi connectivity index (χ2v) is 7.78. The van der Waals surface area contributed by atoms with Crippen LogP contribution in [0.4, 0.5) is 0 Å². The van der Waals surface area contributed by atoms with Gasteiger partial charge in [-0.05, 0) is 23.3 Å². The van der Waals surface area contributed by atoms with Gasteiger partial charge in [-0.1, -0.05) is 52.3 Å². The van der Waals surface area contributed by atoms with Gasteiger partial charge >= 0.3 is 0 Å². The maximum Gasteiger partial charge on any atom is 0.224 e. The van der Waals surface area contributed by atoms with Crippen LogP contribution in [0.1, 0.15) is 16.7 Å². The van der Waals surface area contributed by atoms with Crippen molar-refractivity contribution in [1.29, 1.82) is 0 Å². The Hall–Kier alpha value is -1.36. The summed E-state index contributed by atoms with van der Waals surface area (Å²) in [6, 6.07) is 14.9. The van der Waals surface area contributed by atoms with Crippen molar-refractivity contribution in [3.8, 4) is 0 Å². The van der Waals surface area contributed by atoms with Crippen LogP contribution in [-0.4, -0.2) is 58.6 Å². The van der Waals surface area contributed by atoms with Crippen molar-refractivity contribution in [2.75, 3.05) is 13.7 Å². The SMILES string of the molecule is CO[C@@]1(c2ccc(Br)c(COCc3ccccc3)c2)OC(CO)[C@@H](O)[C@H](O)[C@H]1O. The number of halogens is 1. The van der Waals surface area contributed by atoms with E-state index in [0.29, 0.717) is 12.2 Å². The van der Waals surface area contributed by atoms with Crippen molar-refractivity contribution < 1.29 is 34.6 Å². The van der Waals surface area contributed by atoms with Crippen molar-refractivity contribution in [1.82, 2.24) is 0 Å². The van der Waals surface area contributed by atoms with E-state index in [4.69, 9.17) is 14.2 Å². The van der Waals surface area contributed by atoms with Gasteiger partial charge in [-0.3, -0.25) is 0 Å². The summed E-state index contributed by atoms with van der Waals surface area (Å²) in [6.45, 7) is 0.178. The van der Waals surface area contributed by atoms with Crippen LogP contribution in [0.2, 0.25) is 0 Å². The van der Waals surface area contributed by atoms with Crippen LogP contribution in [0.25, 0.3) is 0 Å². The molecule has 1 unspecified atom stereocenters. The molecule has 1 fully saturated rings. The molecule has 5 atom stereocenters. The molecule has 1 aliphatic rings. The summed E-state index contributed by atoms with van der Waals surface area (Å²) in [4.78, 5) is 0. The standard InChI is InChI=1S/C21H25BrO7/c1-27-21(20(26)19(25)18(24)17(10-23)29-21)15-7-8-16(22)14(9-15)12-28-11-13-5-3-2-4-6-13/h2-9,17-20,23-26H,10-12H2,1H3/t17?,18-,19+,20-,21+/m1/s1. The van der Waals surface area contributed by atoms with Crippen molar-refractivity contribution in [2.24, 2.45) is 0 Å². The second kappa shape index (κ2) is 9.63. The Kier molecular flexibility index (Phi) is 7.42. The van der Waals surface area contributed by atoms with Gasteiger partial charge < -0.3 is 34.6 Å². The Morgan fingerprint density at radius 1 is 1.03 bits per heavy atom. The zero-order valence-corrected chi connectivity index (χ0v) is 17.5. The lowest BCUT2D eigenvalue weighted by Crippen LogP contribution is -2.64. The number of ether oxygens (including phenoxy) is 3. The fourth-order valence-corrected chi connectivity index (χ4v) is 3.78. The molecule has 0 aliphatic carbocycles. The molecule has 0 radical (unpaired) electrons. The third kappa shape index (κ3) is 4.55. The molecule has 8 heteroatoms. The fraction of sp³-hybridized carbons (Fsp3) is 0.429. The highest BCUT2D eigenvalue weighted by Crippen LogP contribution is 2.40. The van der Waals surface area contributed by atoms with Crippen LogP contribution in [0.5, 0.6) is 0 Å². The Morgan fingerprint density at radius 2 is 1.76 bits per heavy atom. The van der Waals surface area contributed by atoms with Crippen LogP contribution in [0, 0.1) is 0 Å². The van der Waals surface area contributed by atoms with E-state index >= 15 is 0 Å². The smallest absolute Gasteiger partial charge is 0.224 e. The molecule has 158 valence electrons. The molecular weight excluding hydrogens is 444 g/mol. The summed E-state index contributed by atoms with van der Waals surface area (Å²) >= 11 is 3.49. The van der Waals surface area contributed by atoms with E-state index in [0.717, 1.165) is 15.6 Å². The molecule has 2 aromatic carbocycles.